The van der Waals surface area contributed by atoms with E-state index in [0.29, 0.717) is 11.3 Å². The lowest BCUT2D eigenvalue weighted by Gasteiger charge is -2.19. The molecule has 0 heterocycles. The van der Waals surface area contributed by atoms with Crippen molar-refractivity contribution in [3.63, 3.8) is 0 Å². The van der Waals surface area contributed by atoms with Crippen LogP contribution in [0.1, 0.15) is 31.9 Å². The fourth-order valence-corrected chi connectivity index (χ4v) is 1.36. The molecule has 1 rings (SSSR count). The van der Waals surface area contributed by atoms with Gasteiger partial charge in [-0.25, -0.2) is 4.79 Å². The molecule has 0 N–H and O–H groups in total. The van der Waals surface area contributed by atoms with Crippen LogP contribution in [0.25, 0.3) is 6.08 Å². The van der Waals surface area contributed by atoms with Gasteiger partial charge in [0.25, 0.3) is 0 Å². The first-order chi connectivity index (χ1) is 8.37. The lowest BCUT2D eigenvalue weighted by atomic mass is 10.1. The number of hydrogen-bond acceptors (Lipinski definition) is 3. The minimum absolute atomic E-state index is 0.382. The third-order valence-electron chi connectivity index (χ3n) is 2.04. The molecule has 0 aliphatic heterocycles. The second-order valence-corrected chi connectivity index (χ2v) is 4.66. The lowest BCUT2D eigenvalue weighted by molar-refractivity contribution is 0.0206. The quantitative estimate of drug-likeness (QED) is 0.597. The second kappa shape index (κ2) is 5.54. The molecule has 1 radical (unpaired) electrons. The first kappa shape index (κ1) is 14.0. The van der Waals surface area contributed by atoms with E-state index in [2.05, 4.69) is 19.2 Å². The highest BCUT2D eigenvalue weighted by atomic mass is 16.7. The van der Waals surface area contributed by atoms with Crippen LogP contribution < -0.4 is 4.74 Å². The van der Waals surface area contributed by atoms with Gasteiger partial charge >= 0.3 is 6.16 Å². The van der Waals surface area contributed by atoms with Gasteiger partial charge in [0.15, 0.2) is 0 Å². The van der Waals surface area contributed by atoms with E-state index in [-0.39, 0.29) is 0 Å². The van der Waals surface area contributed by atoms with Crippen molar-refractivity contribution in [2.75, 3.05) is 0 Å². The predicted octanol–water partition coefficient (Wildman–Crippen LogP) is 3.98. The minimum Gasteiger partial charge on any atom is -0.428 e. The van der Waals surface area contributed by atoms with Crippen molar-refractivity contribution in [1.29, 1.82) is 0 Å². The Labute approximate surface area is 108 Å². The summed E-state index contributed by atoms with van der Waals surface area (Å²) >= 11 is 0. The molecule has 0 amide bonds. The van der Waals surface area contributed by atoms with Gasteiger partial charge in [0.2, 0.25) is 0 Å². The molecule has 0 unspecified atom stereocenters. The summed E-state index contributed by atoms with van der Waals surface area (Å²) in [5, 5.41) is 0. The van der Waals surface area contributed by atoms with E-state index in [4.69, 9.17) is 9.47 Å². The minimum atomic E-state index is -0.744. The summed E-state index contributed by atoms with van der Waals surface area (Å²) in [5.74, 6) is 0.382. The van der Waals surface area contributed by atoms with Crippen molar-refractivity contribution in [3.8, 4) is 5.75 Å². The van der Waals surface area contributed by atoms with Crippen LogP contribution in [0.5, 0.6) is 5.75 Å². The topological polar surface area (TPSA) is 35.5 Å². The van der Waals surface area contributed by atoms with Gasteiger partial charge in [-0.05, 0) is 38.5 Å². The molecule has 0 spiro atoms. The van der Waals surface area contributed by atoms with E-state index in [1.807, 2.05) is 6.07 Å². The third kappa shape index (κ3) is 3.77. The molecule has 1 aromatic carbocycles. The van der Waals surface area contributed by atoms with Crippen LogP contribution in [0.2, 0.25) is 0 Å². The molecule has 0 aromatic heterocycles. The maximum atomic E-state index is 11.6. The average Bonchev–Trinajstić information content (AvgIpc) is 2.25. The summed E-state index contributed by atoms with van der Waals surface area (Å²) in [4.78, 5) is 11.6. The van der Waals surface area contributed by atoms with Gasteiger partial charge < -0.3 is 9.47 Å². The highest BCUT2D eigenvalue weighted by Gasteiger charge is 2.19. The van der Waals surface area contributed by atoms with E-state index < -0.39 is 11.8 Å². The van der Waals surface area contributed by atoms with Gasteiger partial charge in [-0.15, -0.1) is 0 Å². The van der Waals surface area contributed by atoms with Gasteiger partial charge in [-0.2, -0.15) is 0 Å². The van der Waals surface area contributed by atoms with Crippen molar-refractivity contribution in [1.82, 2.24) is 0 Å². The Morgan fingerprint density at radius 3 is 2.56 bits per heavy atom. The zero-order valence-corrected chi connectivity index (χ0v) is 10.9. The molecular formula is C15H17O3. The molecule has 0 fully saturated rings. The summed E-state index contributed by atoms with van der Waals surface area (Å²) in [5.41, 5.74) is 0.803. The van der Waals surface area contributed by atoms with Gasteiger partial charge in [-0.1, -0.05) is 31.4 Å². The summed E-state index contributed by atoms with van der Waals surface area (Å²) in [6, 6.07) is 5.23. The first-order valence-corrected chi connectivity index (χ1v) is 5.57. The molecule has 0 bridgehead atoms. The Balaban J connectivity index is 2.94. The number of carbonyl (C=O) groups excluding carboxylic acids is 1. The highest BCUT2D eigenvalue weighted by Crippen LogP contribution is 2.24. The van der Waals surface area contributed by atoms with Crippen LogP contribution in [-0.2, 0) is 4.74 Å². The summed E-state index contributed by atoms with van der Waals surface area (Å²) in [6.45, 7) is 12.6. The fraction of sp³-hybridized carbons (Fsp3) is 0.267. The highest BCUT2D eigenvalue weighted by molar-refractivity contribution is 5.69. The van der Waals surface area contributed by atoms with Crippen molar-refractivity contribution in [3.05, 3.63) is 48.6 Å². The Hall–Kier alpha value is -2.03. The summed E-state index contributed by atoms with van der Waals surface area (Å²) in [6.07, 6.45) is 3.60. The zero-order valence-electron chi connectivity index (χ0n) is 10.9. The standard InChI is InChI=1S/C15H17O3/c1-6-11-9-8-10-13(12(11)7-2)17-14(16)18-15(3,4)5/h7-10H,1-2H2,3-5H3. The van der Waals surface area contributed by atoms with E-state index in [0.717, 1.165) is 5.56 Å². The van der Waals surface area contributed by atoms with Crippen LogP contribution in [-0.4, -0.2) is 11.8 Å². The smallest absolute Gasteiger partial charge is 0.428 e. The van der Waals surface area contributed by atoms with Gasteiger partial charge in [0, 0.05) is 5.56 Å². The lowest BCUT2D eigenvalue weighted by Crippen LogP contribution is -2.26. The normalized spacial score (nSPS) is 10.6. The Kier molecular flexibility index (Phi) is 4.32. The van der Waals surface area contributed by atoms with Crippen LogP contribution in [0.4, 0.5) is 4.79 Å². The first-order valence-electron chi connectivity index (χ1n) is 5.57. The molecule has 3 heteroatoms. The monoisotopic (exact) mass is 245 g/mol. The summed E-state index contributed by atoms with van der Waals surface area (Å²) < 4.78 is 10.2. The van der Waals surface area contributed by atoms with Crippen LogP contribution in [0.3, 0.4) is 0 Å². The predicted molar refractivity (Wildman–Crippen MR) is 71.4 cm³/mol. The van der Waals surface area contributed by atoms with E-state index in [9.17, 15) is 4.79 Å². The number of rotatable bonds is 3. The maximum Gasteiger partial charge on any atom is 0.514 e. The number of ether oxygens (including phenoxy) is 2. The SMILES string of the molecule is C=[C]c1cccc(OC(=O)OC(C)(C)C)c1C=C. The van der Waals surface area contributed by atoms with Crippen molar-refractivity contribution >= 4 is 12.2 Å². The summed E-state index contributed by atoms with van der Waals surface area (Å²) in [7, 11) is 0. The van der Waals surface area contributed by atoms with Crippen molar-refractivity contribution < 1.29 is 14.3 Å². The number of benzene rings is 1. The van der Waals surface area contributed by atoms with Crippen LogP contribution in [0.15, 0.2) is 31.4 Å². The molecule has 0 saturated carbocycles. The van der Waals surface area contributed by atoms with Gasteiger partial charge in [-0.3, -0.25) is 0 Å². The van der Waals surface area contributed by atoms with E-state index >= 15 is 0 Å². The average molecular weight is 245 g/mol. The molecule has 0 atom stereocenters. The van der Waals surface area contributed by atoms with Crippen molar-refractivity contribution in [2.24, 2.45) is 0 Å². The third-order valence-corrected chi connectivity index (χ3v) is 2.04. The maximum absolute atomic E-state index is 11.6. The number of carbonyl (C=O) groups is 1. The van der Waals surface area contributed by atoms with Crippen LogP contribution >= 0.6 is 0 Å². The van der Waals surface area contributed by atoms with E-state index in [1.54, 1.807) is 39.0 Å². The Morgan fingerprint density at radius 2 is 2.06 bits per heavy atom. The second-order valence-electron chi connectivity index (χ2n) is 4.66. The van der Waals surface area contributed by atoms with E-state index in [1.165, 1.54) is 0 Å². The molecule has 95 valence electrons. The number of hydrogen-bond donors (Lipinski definition) is 0. The largest absolute Gasteiger partial charge is 0.514 e. The molecule has 0 saturated heterocycles. The molecular weight excluding hydrogens is 228 g/mol. The van der Waals surface area contributed by atoms with Gasteiger partial charge in [0.05, 0.1) is 0 Å². The fourth-order valence-electron chi connectivity index (χ4n) is 1.36. The Bertz CT molecular complexity index is 467. The van der Waals surface area contributed by atoms with Crippen molar-refractivity contribution in [2.45, 2.75) is 26.4 Å². The molecule has 3 nitrogen and oxygen atoms in total. The van der Waals surface area contributed by atoms with Gasteiger partial charge in [0.1, 0.15) is 11.4 Å². The molecule has 0 aliphatic rings. The molecule has 18 heavy (non-hydrogen) atoms. The molecule has 0 aliphatic carbocycles. The zero-order chi connectivity index (χ0) is 13.8. The Morgan fingerprint density at radius 1 is 1.39 bits per heavy atom. The molecule has 1 aromatic rings. The van der Waals surface area contributed by atoms with Crippen LogP contribution in [0, 0.1) is 6.08 Å².